The zero-order valence-electron chi connectivity index (χ0n) is 32.0. The van der Waals surface area contributed by atoms with Gasteiger partial charge in [0.15, 0.2) is 0 Å². The van der Waals surface area contributed by atoms with Crippen LogP contribution in [0, 0.1) is 37.0 Å². The summed E-state index contributed by atoms with van der Waals surface area (Å²) in [6.07, 6.45) is 0. The third-order valence-corrected chi connectivity index (χ3v) is 14.8. The Labute approximate surface area is 296 Å². The summed E-state index contributed by atoms with van der Waals surface area (Å²) < 4.78 is 0. The summed E-state index contributed by atoms with van der Waals surface area (Å²) in [5, 5.41) is 2.81. The molecule has 250 valence electrons. The van der Waals surface area contributed by atoms with Crippen molar-refractivity contribution >= 4 is 25.8 Å². The Bertz CT molecular complexity index is 1720. The second kappa shape index (κ2) is 14.4. The van der Waals surface area contributed by atoms with E-state index in [2.05, 4.69) is 205 Å². The average Bonchev–Trinajstić information content (AvgIpc) is 2.98. The quantitative estimate of drug-likeness (QED) is 0.150. The Hall–Kier alpha value is -3.14. The second-order valence-corrected chi connectivity index (χ2v) is 22.2. The van der Waals surface area contributed by atoms with Gasteiger partial charge in [-0.2, -0.15) is 0 Å². The number of hydrogen-bond acceptors (Lipinski definition) is 0. The van der Waals surface area contributed by atoms with Gasteiger partial charge in [-0.1, -0.05) is 167 Å². The first-order valence-corrected chi connectivity index (χ1v) is 20.6. The van der Waals surface area contributed by atoms with E-state index < -0.39 is 15.2 Å². The fourth-order valence-electron chi connectivity index (χ4n) is 5.82. The molecule has 0 heterocycles. The molecule has 48 heavy (non-hydrogen) atoms. The van der Waals surface area contributed by atoms with Gasteiger partial charge >= 0.3 is 0 Å². The predicted molar refractivity (Wildman–Crippen MR) is 217 cm³/mol. The van der Waals surface area contributed by atoms with Crippen molar-refractivity contribution in [3.8, 4) is 23.2 Å². The highest BCUT2D eigenvalue weighted by molar-refractivity contribution is 8.39. The Balaban J connectivity index is 2.20. The van der Waals surface area contributed by atoms with E-state index in [-0.39, 0.29) is 21.7 Å². The van der Waals surface area contributed by atoms with E-state index in [4.69, 9.17) is 0 Å². The van der Waals surface area contributed by atoms with Gasteiger partial charge in [-0.25, -0.2) is 0 Å². The molecule has 0 nitrogen and oxygen atoms in total. The smallest absolute Gasteiger partial charge is 0.0464 e. The van der Waals surface area contributed by atoms with Crippen molar-refractivity contribution < 1.29 is 0 Å². The minimum Gasteiger partial charge on any atom is -0.0622 e. The number of benzene rings is 4. The van der Waals surface area contributed by atoms with Crippen molar-refractivity contribution in [1.29, 1.82) is 0 Å². The van der Waals surface area contributed by atoms with Crippen molar-refractivity contribution in [1.82, 2.24) is 0 Å². The summed E-state index contributed by atoms with van der Waals surface area (Å²) in [5.74, 6) is 7.37. The number of aryl methyl sites for hydroxylation is 2. The summed E-state index contributed by atoms with van der Waals surface area (Å²) >= 11 is 0. The normalized spacial score (nSPS) is 13.5. The van der Waals surface area contributed by atoms with Crippen LogP contribution in [0.15, 0.2) is 84.9 Å². The van der Waals surface area contributed by atoms with Gasteiger partial charge in [0.05, 0.1) is 0 Å². The van der Waals surface area contributed by atoms with Crippen molar-refractivity contribution in [3.05, 3.63) is 129 Å². The Morgan fingerprint density at radius 1 is 0.417 bits per heavy atom. The lowest BCUT2D eigenvalue weighted by Gasteiger charge is -2.35. The van der Waals surface area contributed by atoms with Gasteiger partial charge in [0.2, 0.25) is 0 Å². The molecule has 4 rings (SSSR count). The maximum absolute atomic E-state index is 3.99. The van der Waals surface area contributed by atoms with Gasteiger partial charge in [-0.05, 0) is 93.2 Å². The maximum Gasteiger partial charge on any atom is 0.0464 e. The van der Waals surface area contributed by atoms with Crippen LogP contribution in [-0.4, -0.2) is 0 Å². The number of rotatable bonds is 3. The van der Waals surface area contributed by atoms with Crippen molar-refractivity contribution in [2.24, 2.45) is 0 Å². The van der Waals surface area contributed by atoms with Gasteiger partial charge in [0.25, 0.3) is 0 Å². The molecule has 0 aliphatic heterocycles. The Morgan fingerprint density at radius 2 is 0.729 bits per heavy atom. The van der Waals surface area contributed by atoms with Gasteiger partial charge in [0.1, 0.15) is 0 Å². The summed E-state index contributed by atoms with van der Waals surface area (Å²) in [6, 6.07) is 30.8. The molecule has 0 bridgehead atoms. The summed E-state index contributed by atoms with van der Waals surface area (Å²) in [5.41, 5.74) is 18.2. The van der Waals surface area contributed by atoms with E-state index in [0.717, 1.165) is 11.1 Å². The molecule has 4 aromatic carbocycles. The highest BCUT2D eigenvalue weighted by Gasteiger charge is 2.35. The number of hydrogen-bond donors (Lipinski definition) is 0. The molecule has 2 unspecified atom stereocenters. The lowest BCUT2D eigenvalue weighted by atomic mass is 9.79. The maximum atomic E-state index is 3.99. The van der Waals surface area contributed by atoms with Crippen LogP contribution < -0.4 is 10.6 Å². The zero-order valence-corrected chi connectivity index (χ0v) is 33.8. The van der Waals surface area contributed by atoms with Crippen LogP contribution in [-0.2, 0) is 21.7 Å². The molecule has 0 saturated heterocycles. The van der Waals surface area contributed by atoms with Crippen molar-refractivity contribution in [2.45, 2.75) is 119 Å². The van der Waals surface area contributed by atoms with E-state index in [1.807, 2.05) is 0 Å². The molecule has 0 saturated carbocycles. The SMILES string of the molecule is Cc1cc(C(C)(C)C)cc(C(C)(C)C)c1P(C#Cc1ccccc1)P(C#Cc1ccccc1)c1c(C)cc(C(C)(C)C)cc1C(C)(C)C. The standard InChI is InChI=1S/C46H56P2/c1-33-29-37(43(3,4)5)31-39(45(9,10)11)41(33)47(27-25-35-21-17-15-18-22-35)48(28-26-36-23-19-16-20-24-36)42-34(2)30-38(44(6,7)8)32-40(42)46(12,13)14/h15-24,29-32H,1-14H3. The molecule has 0 spiro atoms. The lowest BCUT2D eigenvalue weighted by Crippen LogP contribution is -2.28. The van der Waals surface area contributed by atoms with Crippen molar-refractivity contribution in [3.63, 3.8) is 0 Å². The Morgan fingerprint density at radius 3 is 1.00 bits per heavy atom. The minimum atomic E-state index is -1.06. The third-order valence-electron chi connectivity index (χ3n) is 8.73. The van der Waals surface area contributed by atoms with Crippen LogP contribution in [0.5, 0.6) is 0 Å². The van der Waals surface area contributed by atoms with Gasteiger partial charge in [0, 0.05) is 37.0 Å². The Kier molecular flexibility index (Phi) is 11.3. The van der Waals surface area contributed by atoms with Gasteiger partial charge in [-0.3, -0.25) is 0 Å². The molecular weight excluding hydrogens is 614 g/mol. The topological polar surface area (TPSA) is 0 Å². The molecule has 0 aromatic heterocycles. The summed E-state index contributed by atoms with van der Waals surface area (Å²) in [4.78, 5) is 0. The predicted octanol–water partition coefficient (Wildman–Crippen LogP) is 12.3. The summed E-state index contributed by atoms with van der Waals surface area (Å²) in [7, 11) is -2.11. The molecule has 0 amide bonds. The summed E-state index contributed by atoms with van der Waals surface area (Å²) in [6.45, 7) is 32.7. The van der Waals surface area contributed by atoms with Crippen LogP contribution >= 0.6 is 15.2 Å². The first kappa shape index (κ1) is 37.7. The molecule has 0 aliphatic carbocycles. The third kappa shape index (κ3) is 9.10. The molecule has 0 aliphatic rings. The minimum absolute atomic E-state index is 0.0401. The van der Waals surface area contributed by atoms with Crippen LogP contribution in [0.4, 0.5) is 0 Å². The average molecular weight is 671 g/mol. The first-order chi connectivity index (χ1) is 22.2. The second-order valence-electron chi connectivity index (χ2n) is 17.2. The van der Waals surface area contributed by atoms with E-state index >= 15 is 0 Å². The van der Waals surface area contributed by atoms with E-state index in [1.165, 1.54) is 44.0 Å². The highest BCUT2D eigenvalue weighted by Crippen LogP contribution is 2.68. The lowest BCUT2D eigenvalue weighted by molar-refractivity contribution is 0.570. The fraction of sp³-hybridized carbons (Fsp3) is 0.391. The van der Waals surface area contributed by atoms with Gasteiger partial charge in [-0.15, -0.1) is 0 Å². The molecule has 2 atom stereocenters. The largest absolute Gasteiger partial charge is 0.0622 e. The van der Waals surface area contributed by atoms with Crippen LogP contribution in [0.25, 0.3) is 0 Å². The van der Waals surface area contributed by atoms with E-state index in [9.17, 15) is 0 Å². The van der Waals surface area contributed by atoms with Crippen molar-refractivity contribution in [2.75, 3.05) is 0 Å². The zero-order chi connectivity index (χ0) is 35.7. The van der Waals surface area contributed by atoms with Gasteiger partial charge < -0.3 is 0 Å². The van der Waals surface area contributed by atoms with Crippen LogP contribution in [0.3, 0.4) is 0 Å². The van der Waals surface area contributed by atoms with Crippen LogP contribution in [0.1, 0.15) is 128 Å². The molecule has 2 heteroatoms. The first-order valence-electron chi connectivity index (χ1n) is 17.2. The highest BCUT2D eigenvalue weighted by atomic mass is 32.1. The fourth-order valence-corrected chi connectivity index (χ4v) is 12.9. The molecular formula is C46H56P2. The van der Waals surface area contributed by atoms with Crippen LogP contribution in [0.2, 0.25) is 0 Å². The molecule has 4 aromatic rings. The molecule has 0 radical (unpaired) electrons. The monoisotopic (exact) mass is 670 g/mol. The van der Waals surface area contributed by atoms with E-state index in [0.29, 0.717) is 0 Å². The molecule has 0 N–H and O–H groups in total. The van der Waals surface area contributed by atoms with E-state index in [1.54, 1.807) is 0 Å². The molecule has 0 fully saturated rings.